The number of benzene rings is 1. The molecule has 78 valence electrons. The van der Waals surface area contributed by atoms with Crippen molar-refractivity contribution in [1.82, 2.24) is 4.90 Å². The molecule has 2 amide bonds. The fourth-order valence-electron chi connectivity index (χ4n) is 1.04. The van der Waals surface area contributed by atoms with Crippen LogP contribution in [0.5, 0.6) is 0 Å². The Morgan fingerprint density at radius 1 is 1.27 bits per heavy atom. The van der Waals surface area contributed by atoms with Crippen molar-refractivity contribution >= 4 is 30.2 Å². The van der Waals surface area contributed by atoms with E-state index in [1.165, 1.54) is 0 Å². The molecule has 0 N–H and O–H groups in total. The lowest BCUT2D eigenvalue weighted by molar-refractivity contribution is -0.128. The molecule has 0 saturated heterocycles. The smallest absolute Gasteiger partial charge is 0.216 e. The predicted molar refractivity (Wildman–Crippen MR) is 54.6 cm³/mol. The van der Waals surface area contributed by atoms with Gasteiger partial charge in [-0.2, -0.15) is 0 Å². The van der Waals surface area contributed by atoms with Crippen LogP contribution in [0.3, 0.4) is 0 Å². The van der Waals surface area contributed by atoms with Crippen molar-refractivity contribution < 1.29 is 14.4 Å². The molecule has 0 fully saturated rings. The van der Waals surface area contributed by atoms with Crippen molar-refractivity contribution in [3.05, 3.63) is 34.9 Å². The van der Waals surface area contributed by atoms with Crippen LogP contribution in [-0.4, -0.2) is 30.0 Å². The van der Waals surface area contributed by atoms with Gasteiger partial charge in [-0.3, -0.25) is 19.3 Å². The summed E-state index contributed by atoms with van der Waals surface area (Å²) in [6.45, 7) is -0.295. The number of hydrogen-bond acceptors (Lipinski definition) is 3. The molecule has 1 aromatic carbocycles. The van der Waals surface area contributed by atoms with E-state index in [0.29, 0.717) is 28.3 Å². The molecule has 0 atom stereocenters. The Hall–Kier alpha value is -1.68. The number of nitrogens with zero attached hydrogens (tertiary/aromatic N) is 1. The van der Waals surface area contributed by atoms with E-state index in [9.17, 15) is 14.4 Å². The number of halogens is 1. The highest BCUT2D eigenvalue weighted by molar-refractivity contribution is 6.34. The van der Waals surface area contributed by atoms with Crippen LogP contribution >= 0.6 is 11.6 Å². The number of hydrogen-bond donors (Lipinski definition) is 0. The number of rotatable bonds is 5. The Bertz CT molecular complexity index is 384. The Kier molecular flexibility index (Phi) is 4.00. The Morgan fingerprint density at radius 3 is 2.40 bits per heavy atom. The molecule has 0 aliphatic heterocycles. The van der Waals surface area contributed by atoms with Gasteiger partial charge in [-0.1, -0.05) is 23.7 Å². The van der Waals surface area contributed by atoms with Gasteiger partial charge in [0.15, 0.2) is 5.78 Å². The molecule has 0 unspecified atom stereocenters. The van der Waals surface area contributed by atoms with Gasteiger partial charge in [0.1, 0.15) is 0 Å². The minimum Gasteiger partial charge on any atom is -0.292 e. The molecule has 0 aliphatic carbocycles. The van der Waals surface area contributed by atoms with Gasteiger partial charge in [-0.25, -0.2) is 0 Å². The van der Waals surface area contributed by atoms with Gasteiger partial charge in [-0.05, 0) is 12.1 Å². The van der Waals surface area contributed by atoms with E-state index in [0.717, 1.165) is 0 Å². The van der Waals surface area contributed by atoms with E-state index >= 15 is 0 Å². The van der Waals surface area contributed by atoms with Crippen molar-refractivity contribution in [2.45, 2.75) is 0 Å². The molecule has 0 heterocycles. The van der Waals surface area contributed by atoms with Crippen molar-refractivity contribution in [2.24, 2.45) is 0 Å². The molecule has 0 aromatic heterocycles. The van der Waals surface area contributed by atoms with Crippen LogP contribution in [0, 0.1) is 0 Å². The first-order chi connectivity index (χ1) is 7.19. The second-order valence-corrected chi connectivity index (χ2v) is 3.19. The number of ketones is 1. The highest BCUT2D eigenvalue weighted by Gasteiger charge is 2.12. The van der Waals surface area contributed by atoms with Crippen LogP contribution < -0.4 is 0 Å². The lowest BCUT2D eigenvalue weighted by Crippen LogP contribution is -2.27. The summed E-state index contributed by atoms with van der Waals surface area (Å²) in [5.41, 5.74) is 0.299. The first-order valence-electron chi connectivity index (χ1n) is 4.13. The van der Waals surface area contributed by atoms with E-state index in [2.05, 4.69) is 0 Å². The SMILES string of the molecule is O=CN(C=O)CC(=O)c1ccccc1Cl. The zero-order valence-electron chi connectivity index (χ0n) is 7.72. The van der Waals surface area contributed by atoms with Crippen molar-refractivity contribution in [3.63, 3.8) is 0 Å². The molecule has 0 aliphatic rings. The normalized spacial score (nSPS) is 9.40. The topological polar surface area (TPSA) is 54.5 Å². The highest BCUT2D eigenvalue weighted by Crippen LogP contribution is 2.15. The molecule has 0 bridgehead atoms. The van der Waals surface area contributed by atoms with Gasteiger partial charge in [0.05, 0.1) is 11.6 Å². The lowest BCUT2D eigenvalue weighted by atomic mass is 10.1. The van der Waals surface area contributed by atoms with E-state index in [-0.39, 0.29) is 12.3 Å². The maximum absolute atomic E-state index is 11.5. The molecule has 1 rings (SSSR count). The number of amides is 2. The van der Waals surface area contributed by atoms with Gasteiger partial charge in [-0.15, -0.1) is 0 Å². The molecule has 1 aromatic rings. The maximum Gasteiger partial charge on any atom is 0.216 e. The monoisotopic (exact) mass is 225 g/mol. The predicted octanol–water partition coefficient (Wildman–Crippen LogP) is 1.14. The summed E-state index contributed by atoms with van der Waals surface area (Å²) in [6.07, 6.45) is 0.587. The van der Waals surface area contributed by atoms with Crippen molar-refractivity contribution in [3.8, 4) is 0 Å². The summed E-state index contributed by atoms with van der Waals surface area (Å²) in [5.74, 6) is -0.375. The van der Waals surface area contributed by atoms with E-state index in [1.54, 1.807) is 24.3 Å². The van der Waals surface area contributed by atoms with E-state index in [4.69, 9.17) is 11.6 Å². The summed E-state index contributed by atoms with van der Waals surface area (Å²) in [5, 5.41) is 0.305. The number of carbonyl (C=O) groups is 3. The van der Waals surface area contributed by atoms with Gasteiger partial charge in [0.2, 0.25) is 12.8 Å². The van der Waals surface area contributed by atoms with Crippen LogP contribution in [0.4, 0.5) is 0 Å². The standard InChI is InChI=1S/C10H8ClNO3/c11-9-4-2-1-3-8(9)10(15)5-12(6-13)7-14/h1-4,6-7H,5H2. The quantitative estimate of drug-likeness (QED) is 0.558. The molecule has 0 spiro atoms. The average Bonchev–Trinajstić information content (AvgIpc) is 2.26. The molecular formula is C10H8ClNO3. The molecule has 4 nitrogen and oxygen atoms in total. The van der Waals surface area contributed by atoms with Gasteiger partial charge in [0.25, 0.3) is 0 Å². The zero-order valence-corrected chi connectivity index (χ0v) is 8.48. The van der Waals surface area contributed by atoms with Crippen LogP contribution in [-0.2, 0) is 9.59 Å². The third-order valence-electron chi connectivity index (χ3n) is 1.77. The summed E-state index contributed by atoms with van der Waals surface area (Å²) in [7, 11) is 0. The Morgan fingerprint density at radius 2 is 1.87 bits per heavy atom. The van der Waals surface area contributed by atoms with E-state index in [1.807, 2.05) is 0 Å². The number of carbonyl (C=O) groups excluding carboxylic acids is 3. The second-order valence-electron chi connectivity index (χ2n) is 2.79. The summed E-state index contributed by atoms with van der Waals surface area (Å²) in [4.78, 5) is 32.9. The summed E-state index contributed by atoms with van der Waals surface area (Å²) < 4.78 is 0. The van der Waals surface area contributed by atoms with Crippen molar-refractivity contribution in [1.29, 1.82) is 0 Å². The third kappa shape index (κ3) is 2.89. The van der Waals surface area contributed by atoms with Crippen LogP contribution in [0.15, 0.2) is 24.3 Å². The first-order valence-corrected chi connectivity index (χ1v) is 4.51. The van der Waals surface area contributed by atoms with Crippen LogP contribution in [0.2, 0.25) is 5.02 Å². The van der Waals surface area contributed by atoms with Crippen molar-refractivity contribution in [2.75, 3.05) is 6.54 Å². The Labute approximate surface area is 91.4 Å². The minimum absolute atomic E-state index is 0.293. The molecule has 5 heteroatoms. The van der Waals surface area contributed by atoms with E-state index < -0.39 is 0 Å². The van der Waals surface area contributed by atoms with Crippen LogP contribution in [0.25, 0.3) is 0 Å². The third-order valence-corrected chi connectivity index (χ3v) is 2.10. The van der Waals surface area contributed by atoms with Gasteiger partial charge < -0.3 is 0 Å². The summed E-state index contributed by atoms with van der Waals surface area (Å²) in [6, 6.07) is 6.46. The largest absolute Gasteiger partial charge is 0.292 e. The fourth-order valence-corrected chi connectivity index (χ4v) is 1.28. The maximum atomic E-state index is 11.5. The minimum atomic E-state index is -0.375. The molecule has 0 radical (unpaired) electrons. The lowest BCUT2D eigenvalue weighted by Gasteiger charge is -2.08. The first kappa shape index (κ1) is 11.4. The molecule has 0 saturated carbocycles. The number of imide groups is 1. The fraction of sp³-hybridized carbons (Fsp3) is 0.100. The molecule has 15 heavy (non-hydrogen) atoms. The highest BCUT2D eigenvalue weighted by atomic mass is 35.5. The zero-order chi connectivity index (χ0) is 11.3. The number of Topliss-reactive ketones (excluding diaryl/α,β-unsaturated/α-hetero) is 1. The second kappa shape index (κ2) is 5.26. The summed E-state index contributed by atoms with van der Waals surface area (Å²) >= 11 is 5.77. The van der Waals surface area contributed by atoms with Crippen LogP contribution in [0.1, 0.15) is 10.4 Å². The molecular weight excluding hydrogens is 218 g/mol. The van der Waals surface area contributed by atoms with Gasteiger partial charge >= 0.3 is 0 Å². The van der Waals surface area contributed by atoms with Gasteiger partial charge in [0, 0.05) is 5.56 Å². The Balaban J connectivity index is 2.81. The average molecular weight is 226 g/mol.